The predicted molar refractivity (Wildman–Crippen MR) is 116 cm³/mol. The van der Waals surface area contributed by atoms with Crippen molar-refractivity contribution in [3.8, 4) is 0 Å². The fourth-order valence-corrected chi connectivity index (χ4v) is 4.46. The molecule has 1 aromatic carbocycles. The van der Waals surface area contributed by atoms with Crippen LogP contribution in [0.25, 0.3) is 0 Å². The number of halogens is 2. The van der Waals surface area contributed by atoms with E-state index in [1.807, 2.05) is 18.7 Å². The quantitative estimate of drug-likeness (QED) is 0.672. The van der Waals surface area contributed by atoms with Crippen LogP contribution in [0.2, 0.25) is 0 Å². The highest BCUT2D eigenvalue weighted by molar-refractivity contribution is 6.07. The average Bonchev–Trinajstić information content (AvgIpc) is 3.05. The first-order valence-electron chi connectivity index (χ1n) is 10.8. The second-order valence-corrected chi connectivity index (χ2v) is 8.51. The van der Waals surface area contributed by atoms with Crippen LogP contribution in [0, 0.1) is 18.6 Å². The van der Waals surface area contributed by atoms with E-state index in [1.165, 1.54) is 18.3 Å². The van der Waals surface area contributed by atoms with Gasteiger partial charge in [0.15, 0.2) is 0 Å². The Morgan fingerprint density at radius 1 is 1.18 bits per heavy atom. The van der Waals surface area contributed by atoms with Crippen molar-refractivity contribution in [1.82, 2.24) is 20.5 Å². The van der Waals surface area contributed by atoms with Crippen LogP contribution < -0.4 is 15.5 Å². The number of nitrogens with zero attached hydrogens (tertiary/aromatic N) is 3. The van der Waals surface area contributed by atoms with Crippen LogP contribution in [-0.4, -0.2) is 53.4 Å². The number of amides is 4. The summed E-state index contributed by atoms with van der Waals surface area (Å²) in [6, 6.07) is 6.07. The maximum atomic E-state index is 13.6. The number of rotatable bonds is 5. The molecule has 2 saturated heterocycles. The van der Waals surface area contributed by atoms with Crippen LogP contribution in [-0.2, 0) is 15.1 Å². The summed E-state index contributed by atoms with van der Waals surface area (Å²) in [6.45, 7) is 4.85. The Morgan fingerprint density at radius 3 is 2.48 bits per heavy atom. The fraction of sp³-hybridized carbons (Fsp3) is 0.391. The summed E-state index contributed by atoms with van der Waals surface area (Å²) in [6.07, 6.45) is 1.64. The Hall–Kier alpha value is -3.56. The molecule has 4 rings (SSSR count). The number of imide groups is 1. The molecule has 33 heavy (non-hydrogen) atoms. The summed E-state index contributed by atoms with van der Waals surface area (Å²) >= 11 is 0. The van der Waals surface area contributed by atoms with E-state index in [4.69, 9.17) is 0 Å². The van der Waals surface area contributed by atoms with Crippen LogP contribution in [0.5, 0.6) is 0 Å². The number of anilines is 1. The molecule has 2 aromatic rings. The van der Waals surface area contributed by atoms with Gasteiger partial charge in [0.2, 0.25) is 5.91 Å². The third-order valence-corrected chi connectivity index (χ3v) is 6.22. The van der Waals surface area contributed by atoms with Gasteiger partial charge in [-0.1, -0.05) is 6.07 Å². The van der Waals surface area contributed by atoms with Gasteiger partial charge in [0.25, 0.3) is 5.91 Å². The molecule has 0 saturated carbocycles. The van der Waals surface area contributed by atoms with Gasteiger partial charge in [0.05, 0.1) is 0 Å². The first-order valence-corrected chi connectivity index (χ1v) is 10.8. The Balaban J connectivity index is 1.44. The monoisotopic (exact) mass is 457 g/mol. The number of nitrogens with one attached hydrogen (secondary N) is 2. The topological polar surface area (TPSA) is 94.6 Å². The summed E-state index contributed by atoms with van der Waals surface area (Å²) in [7, 11) is 0. The molecule has 0 aliphatic carbocycles. The van der Waals surface area contributed by atoms with Crippen LogP contribution in [0.4, 0.5) is 19.3 Å². The maximum absolute atomic E-state index is 13.6. The SMILES string of the molecule is Cc1ccc(C2(CCC(=O)N3CCN(c4cc(F)cc(F)c4)[C@@H](C)C3)NC(=O)NC2=O)cn1. The lowest BCUT2D eigenvalue weighted by Gasteiger charge is -2.41. The normalized spacial score (nSPS) is 22.8. The van der Waals surface area contributed by atoms with Crippen molar-refractivity contribution < 1.29 is 23.2 Å². The molecule has 3 heterocycles. The Morgan fingerprint density at radius 2 is 1.91 bits per heavy atom. The molecule has 2 atom stereocenters. The number of hydrogen-bond donors (Lipinski definition) is 2. The molecule has 2 fully saturated rings. The highest BCUT2D eigenvalue weighted by Crippen LogP contribution is 2.31. The third-order valence-electron chi connectivity index (χ3n) is 6.22. The largest absolute Gasteiger partial charge is 0.365 e. The molecule has 0 radical (unpaired) electrons. The summed E-state index contributed by atoms with van der Waals surface area (Å²) in [5.41, 5.74) is 0.346. The number of benzene rings is 1. The number of carbonyl (C=O) groups is 3. The molecule has 2 N–H and O–H groups in total. The average molecular weight is 457 g/mol. The van der Waals surface area contributed by atoms with Crippen molar-refractivity contribution in [2.45, 2.75) is 38.3 Å². The van der Waals surface area contributed by atoms with E-state index in [9.17, 15) is 23.2 Å². The Kier molecular flexibility index (Phi) is 6.01. The number of aromatic nitrogens is 1. The Bertz CT molecular complexity index is 1070. The van der Waals surface area contributed by atoms with Crippen molar-refractivity contribution >= 4 is 23.5 Å². The summed E-state index contributed by atoms with van der Waals surface area (Å²) in [5, 5.41) is 4.92. The first kappa shape index (κ1) is 22.6. The zero-order valence-corrected chi connectivity index (χ0v) is 18.4. The van der Waals surface area contributed by atoms with Gasteiger partial charge in [-0.05, 0) is 38.5 Å². The first-order chi connectivity index (χ1) is 15.7. The van der Waals surface area contributed by atoms with E-state index in [0.717, 1.165) is 11.8 Å². The van der Waals surface area contributed by atoms with Crippen molar-refractivity contribution in [1.29, 1.82) is 0 Å². The number of urea groups is 1. The van der Waals surface area contributed by atoms with E-state index < -0.39 is 29.1 Å². The van der Waals surface area contributed by atoms with Crippen LogP contribution in [0.15, 0.2) is 36.5 Å². The zero-order chi connectivity index (χ0) is 23.8. The number of aryl methyl sites for hydroxylation is 1. The molecule has 1 unspecified atom stereocenters. The lowest BCUT2D eigenvalue weighted by molar-refractivity contribution is -0.133. The highest BCUT2D eigenvalue weighted by atomic mass is 19.1. The van der Waals surface area contributed by atoms with Gasteiger partial charge in [-0.3, -0.25) is 19.9 Å². The maximum Gasteiger partial charge on any atom is 0.322 e. The summed E-state index contributed by atoms with van der Waals surface area (Å²) in [4.78, 5) is 45.3. The molecule has 0 bridgehead atoms. The molecular formula is C23H25F2N5O3. The predicted octanol–water partition coefficient (Wildman–Crippen LogP) is 2.22. The third kappa shape index (κ3) is 4.50. The van der Waals surface area contributed by atoms with E-state index in [-0.39, 0.29) is 24.8 Å². The fourth-order valence-electron chi connectivity index (χ4n) is 4.46. The molecule has 2 aliphatic rings. The van der Waals surface area contributed by atoms with E-state index in [0.29, 0.717) is 30.9 Å². The second-order valence-electron chi connectivity index (χ2n) is 8.51. The van der Waals surface area contributed by atoms with Gasteiger partial charge in [-0.2, -0.15) is 0 Å². The van der Waals surface area contributed by atoms with E-state index in [1.54, 1.807) is 17.0 Å². The van der Waals surface area contributed by atoms with Gasteiger partial charge in [-0.15, -0.1) is 0 Å². The molecule has 8 nitrogen and oxygen atoms in total. The molecule has 174 valence electrons. The smallest absolute Gasteiger partial charge is 0.322 e. The highest BCUT2D eigenvalue weighted by Gasteiger charge is 2.48. The lowest BCUT2D eigenvalue weighted by Crippen LogP contribution is -2.54. The summed E-state index contributed by atoms with van der Waals surface area (Å²) < 4.78 is 27.2. The molecule has 2 aliphatic heterocycles. The van der Waals surface area contributed by atoms with Crippen molar-refractivity contribution in [2.24, 2.45) is 0 Å². The molecule has 10 heteroatoms. The number of carbonyl (C=O) groups excluding carboxylic acids is 3. The number of piperazine rings is 1. The van der Waals surface area contributed by atoms with E-state index in [2.05, 4.69) is 15.6 Å². The molecular weight excluding hydrogens is 432 g/mol. The molecule has 0 spiro atoms. The number of pyridine rings is 1. The second kappa shape index (κ2) is 8.76. The van der Waals surface area contributed by atoms with Gasteiger partial charge < -0.3 is 15.1 Å². The zero-order valence-electron chi connectivity index (χ0n) is 18.4. The van der Waals surface area contributed by atoms with Crippen LogP contribution >= 0.6 is 0 Å². The van der Waals surface area contributed by atoms with Crippen LogP contribution in [0.1, 0.15) is 31.0 Å². The van der Waals surface area contributed by atoms with Gasteiger partial charge in [0.1, 0.15) is 17.2 Å². The van der Waals surface area contributed by atoms with Gasteiger partial charge in [0, 0.05) is 61.3 Å². The minimum atomic E-state index is -1.36. The number of hydrogen-bond acceptors (Lipinski definition) is 5. The van der Waals surface area contributed by atoms with Crippen LogP contribution in [0.3, 0.4) is 0 Å². The standard InChI is InChI=1S/C23H25F2N5O3/c1-14-3-4-16(12-26-14)23(21(32)27-22(33)28-23)6-5-20(31)29-7-8-30(15(2)13-29)19-10-17(24)9-18(25)11-19/h3-4,9-12,15H,5-8,13H2,1-2H3,(H2,27,28,32,33)/t15-,23?/m0/s1. The molecule has 1 aromatic heterocycles. The summed E-state index contributed by atoms with van der Waals surface area (Å²) in [5.74, 6) is -1.98. The lowest BCUT2D eigenvalue weighted by atomic mass is 9.86. The van der Waals surface area contributed by atoms with Crippen molar-refractivity contribution in [3.63, 3.8) is 0 Å². The minimum absolute atomic E-state index is 0.0306. The van der Waals surface area contributed by atoms with Crippen molar-refractivity contribution in [3.05, 3.63) is 59.4 Å². The Labute approximate surface area is 190 Å². The van der Waals surface area contributed by atoms with E-state index >= 15 is 0 Å². The van der Waals surface area contributed by atoms with Gasteiger partial charge in [-0.25, -0.2) is 13.6 Å². The molecule has 4 amide bonds. The minimum Gasteiger partial charge on any atom is -0.365 e. The van der Waals surface area contributed by atoms with Gasteiger partial charge >= 0.3 is 6.03 Å². The van der Waals surface area contributed by atoms with Crippen molar-refractivity contribution in [2.75, 3.05) is 24.5 Å².